The van der Waals surface area contributed by atoms with Crippen LogP contribution < -0.4 is 10.1 Å². The molecule has 6 heteroatoms. The van der Waals surface area contributed by atoms with Gasteiger partial charge in [0.2, 0.25) is 0 Å². The number of nitrogens with zero attached hydrogens (tertiary/aromatic N) is 4. The molecule has 1 aliphatic rings. The third kappa shape index (κ3) is 2.71. The second kappa shape index (κ2) is 6.35. The molecule has 1 aromatic carbocycles. The van der Waals surface area contributed by atoms with E-state index >= 15 is 0 Å². The lowest BCUT2D eigenvalue weighted by Gasteiger charge is -2.31. The van der Waals surface area contributed by atoms with Crippen molar-refractivity contribution in [1.82, 2.24) is 19.7 Å². The lowest BCUT2D eigenvalue weighted by Crippen LogP contribution is -2.32. The van der Waals surface area contributed by atoms with Gasteiger partial charge in [0.25, 0.3) is 0 Å². The molecule has 0 saturated heterocycles. The summed E-state index contributed by atoms with van der Waals surface area (Å²) in [5.41, 5.74) is 2.21. The number of aromatic nitrogens is 4. The van der Waals surface area contributed by atoms with Crippen LogP contribution in [-0.4, -0.2) is 33.4 Å². The quantitative estimate of drug-likeness (QED) is 0.774. The Hall–Kier alpha value is -2.63. The molecule has 1 N–H and O–H groups in total. The van der Waals surface area contributed by atoms with Crippen molar-refractivity contribution in [2.24, 2.45) is 7.05 Å². The minimum absolute atomic E-state index is 0.0755. The van der Waals surface area contributed by atoms with E-state index in [2.05, 4.69) is 38.6 Å². The molecule has 0 bridgehead atoms. The van der Waals surface area contributed by atoms with Crippen molar-refractivity contribution in [1.29, 1.82) is 0 Å². The molecule has 0 aliphatic heterocycles. The lowest BCUT2D eigenvalue weighted by atomic mass is 9.78. The Morgan fingerprint density at radius 3 is 2.80 bits per heavy atom. The van der Waals surface area contributed by atoms with Crippen molar-refractivity contribution in [3.8, 4) is 5.75 Å². The first kappa shape index (κ1) is 15.9. The van der Waals surface area contributed by atoms with Gasteiger partial charge in [-0.25, -0.2) is 9.97 Å². The van der Waals surface area contributed by atoms with Crippen LogP contribution in [0.1, 0.15) is 31.2 Å². The van der Waals surface area contributed by atoms with Crippen molar-refractivity contribution in [3.63, 3.8) is 0 Å². The molecule has 2 heterocycles. The molecule has 130 valence electrons. The van der Waals surface area contributed by atoms with Gasteiger partial charge in [-0.2, -0.15) is 5.10 Å². The summed E-state index contributed by atoms with van der Waals surface area (Å²) >= 11 is 0. The van der Waals surface area contributed by atoms with Crippen LogP contribution in [0.3, 0.4) is 0 Å². The fourth-order valence-corrected chi connectivity index (χ4v) is 4.03. The number of rotatable bonds is 5. The Morgan fingerprint density at radius 1 is 1.20 bits per heavy atom. The van der Waals surface area contributed by atoms with Crippen molar-refractivity contribution in [2.75, 3.05) is 19.0 Å². The molecule has 0 radical (unpaired) electrons. The maximum Gasteiger partial charge on any atom is 0.163 e. The van der Waals surface area contributed by atoms with Crippen LogP contribution in [0.5, 0.6) is 5.75 Å². The Bertz CT molecular complexity index is 882. The summed E-state index contributed by atoms with van der Waals surface area (Å²) in [5, 5.41) is 8.82. The van der Waals surface area contributed by atoms with Gasteiger partial charge >= 0.3 is 0 Å². The number of anilines is 1. The molecule has 0 atom stereocenters. The van der Waals surface area contributed by atoms with Crippen LogP contribution in [0.2, 0.25) is 0 Å². The van der Waals surface area contributed by atoms with Gasteiger partial charge in [-0.1, -0.05) is 31.0 Å². The number of ether oxygens (including phenoxy) is 1. The van der Waals surface area contributed by atoms with E-state index in [1.807, 2.05) is 19.3 Å². The molecule has 0 spiro atoms. The van der Waals surface area contributed by atoms with Crippen molar-refractivity contribution < 1.29 is 4.74 Å². The summed E-state index contributed by atoms with van der Waals surface area (Å²) in [6.07, 6.45) is 8.21. The number of hydrogen-bond donors (Lipinski definition) is 1. The normalized spacial score (nSPS) is 16.2. The maximum absolute atomic E-state index is 5.64. The minimum Gasteiger partial charge on any atom is -0.496 e. The molecule has 0 amide bonds. The molecule has 4 rings (SSSR count). The molecule has 1 aliphatic carbocycles. The van der Waals surface area contributed by atoms with Crippen LogP contribution in [0, 0.1) is 0 Å². The molecule has 25 heavy (non-hydrogen) atoms. The topological polar surface area (TPSA) is 64.9 Å². The van der Waals surface area contributed by atoms with E-state index in [1.54, 1.807) is 18.1 Å². The van der Waals surface area contributed by atoms with Crippen molar-refractivity contribution in [3.05, 3.63) is 42.4 Å². The van der Waals surface area contributed by atoms with Crippen LogP contribution in [0.25, 0.3) is 11.0 Å². The van der Waals surface area contributed by atoms with Gasteiger partial charge < -0.3 is 10.1 Å². The Balaban J connectivity index is 1.66. The summed E-state index contributed by atoms with van der Waals surface area (Å²) in [7, 11) is 3.64. The molecule has 2 aromatic heterocycles. The fourth-order valence-electron chi connectivity index (χ4n) is 4.03. The van der Waals surface area contributed by atoms with Gasteiger partial charge in [0, 0.05) is 24.6 Å². The van der Waals surface area contributed by atoms with Crippen molar-refractivity contribution >= 4 is 16.9 Å². The summed E-state index contributed by atoms with van der Waals surface area (Å²) in [6, 6.07) is 8.38. The predicted octanol–water partition coefficient (Wildman–Crippen LogP) is 3.30. The molecule has 6 nitrogen and oxygen atoms in total. The number of fused-ring (bicyclic) bond motifs is 1. The maximum atomic E-state index is 5.64. The van der Waals surface area contributed by atoms with Crippen LogP contribution in [0.15, 0.2) is 36.8 Å². The van der Waals surface area contributed by atoms with E-state index < -0.39 is 0 Å². The number of hydrogen-bond acceptors (Lipinski definition) is 5. The molecule has 1 saturated carbocycles. The third-order valence-electron chi connectivity index (χ3n) is 5.36. The second-order valence-corrected chi connectivity index (χ2v) is 6.77. The third-order valence-corrected chi connectivity index (χ3v) is 5.36. The zero-order valence-corrected chi connectivity index (χ0v) is 14.7. The minimum atomic E-state index is 0.0755. The van der Waals surface area contributed by atoms with E-state index in [1.165, 1.54) is 18.4 Å². The second-order valence-electron chi connectivity index (χ2n) is 6.77. The Labute approximate surface area is 147 Å². The number of methoxy groups -OCH3 is 1. The first-order valence-electron chi connectivity index (χ1n) is 8.74. The van der Waals surface area contributed by atoms with Gasteiger partial charge in [0.1, 0.15) is 17.9 Å². The highest BCUT2D eigenvalue weighted by molar-refractivity contribution is 5.86. The van der Waals surface area contributed by atoms with Gasteiger partial charge in [-0.05, 0) is 18.9 Å². The highest BCUT2D eigenvalue weighted by Gasteiger charge is 2.37. The largest absolute Gasteiger partial charge is 0.496 e. The van der Waals surface area contributed by atoms with E-state index in [0.717, 1.165) is 42.0 Å². The average Bonchev–Trinajstić information content (AvgIpc) is 3.28. The summed E-state index contributed by atoms with van der Waals surface area (Å²) in [4.78, 5) is 8.76. The molecule has 3 aromatic rings. The lowest BCUT2D eigenvalue weighted by molar-refractivity contribution is 0.381. The smallest absolute Gasteiger partial charge is 0.163 e. The van der Waals surface area contributed by atoms with Gasteiger partial charge in [0.15, 0.2) is 5.65 Å². The van der Waals surface area contributed by atoms with Crippen molar-refractivity contribution in [2.45, 2.75) is 31.1 Å². The molecule has 0 unspecified atom stereocenters. The SMILES string of the molecule is COc1ccccc1C1(CNc2ncnc3c2cnn3C)CCCC1. The summed E-state index contributed by atoms with van der Waals surface area (Å²) in [5.74, 6) is 1.82. The van der Waals surface area contributed by atoms with Gasteiger partial charge in [-0.3, -0.25) is 4.68 Å². The molecular weight excluding hydrogens is 314 g/mol. The first-order chi connectivity index (χ1) is 12.2. The van der Waals surface area contributed by atoms with Gasteiger partial charge in [0.05, 0.1) is 18.7 Å². The fraction of sp³-hybridized carbons (Fsp3) is 0.421. The summed E-state index contributed by atoms with van der Waals surface area (Å²) in [6.45, 7) is 0.828. The van der Waals surface area contributed by atoms with E-state index in [0.29, 0.717) is 0 Å². The number of nitrogens with one attached hydrogen (secondary N) is 1. The summed E-state index contributed by atoms with van der Waals surface area (Å²) < 4.78 is 7.41. The average molecular weight is 337 g/mol. The standard InChI is InChI=1S/C19H23N5O/c1-24-18-14(11-23-24)17(21-13-22-18)20-12-19(9-5-6-10-19)15-7-3-4-8-16(15)25-2/h3-4,7-8,11,13H,5-6,9-10,12H2,1-2H3,(H,20,21,22). The Kier molecular flexibility index (Phi) is 4.03. The van der Waals surface area contributed by atoms with Gasteiger partial charge in [-0.15, -0.1) is 0 Å². The molecule has 1 fully saturated rings. The van der Waals surface area contributed by atoms with E-state index in [9.17, 15) is 0 Å². The Morgan fingerprint density at radius 2 is 2.00 bits per heavy atom. The number of para-hydroxylation sites is 1. The first-order valence-corrected chi connectivity index (χ1v) is 8.74. The highest BCUT2D eigenvalue weighted by atomic mass is 16.5. The highest BCUT2D eigenvalue weighted by Crippen LogP contribution is 2.44. The molecular formula is C19H23N5O. The zero-order valence-electron chi connectivity index (χ0n) is 14.7. The van der Waals surface area contributed by atoms with E-state index in [-0.39, 0.29) is 5.41 Å². The van der Waals surface area contributed by atoms with E-state index in [4.69, 9.17) is 4.74 Å². The number of aryl methyl sites for hydroxylation is 1. The zero-order chi connectivity index (χ0) is 17.3. The number of benzene rings is 1. The monoisotopic (exact) mass is 337 g/mol. The van der Waals surface area contributed by atoms with Crippen LogP contribution in [-0.2, 0) is 12.5 Å². The van der Waals surface area contributed by atoms with Crippen LogP contribution in [0.4, 0.5) is 5.82 Å². The predicted molar refractivity (Wildman–Crippen MR) is 97.9 cm³/mol. The van der Waals surface area contributed by atoms with Crippen LogP contribution >= 0.6 is 0 Å².